The topological polar surface area (TPSA) is 6.48 Å². The van der Waals surface area contributed by atoms with Crippen molar-refractivity contribution < 1.29 is 0 Å². The van der Waals surface area contributed by atoms with Gasteiger partial charge < -0.3 is 9.80 Å². The molecule has 1 aromatic rings. The smallest absolute Gasteiger partial charge is 0.0797 e. The van der Waals surface area contributed by atoms with Gasteiger partial charge in [0.2, 0.25) is 0 Å². The van der Waals surface area contributed by atoms with Crippen LogP contribution in [-0.4, -0.2) is 38.1 Å². The van der Waals surface area contributed by atoms with Crippen molar-refractivity contribution in [2.24, 2.45) is 0 Å². The normalized spacial score (nSPS) is 11.4. The van der Waals surface area contributed by atoms with E-state index >= 15 is 0 Å². The molecule has 0 heterocycles. The highest BCUT2D eigenvalue weighted by molar-refractivity contribution is 7.74. The van der Waals surface area contributed by atoms with Gasteiger partial charge in [0.25, 0.3) is 0 Å². The molecule has 1 aromatic carbocycles. The predicted octanol–water partition coefficient (Wildman–Crippen LogP) is 4.28. The first-order chi connectivity index (χ1) is 9.02. The molecule has 0 bridgehead atoms. The molecule has 0 amide bonds. The summed E-state index contributed by atoms with van der Waals surface area (Å²) in [6.45, 7) is 11.2. The van der Waals surface area contributed by atoms with Crippen LogP contribution in [0.25, 0.3) is 0 Å². The van der Waals surface area contributed by atoms with Gasteiger partial charge in [-0.25, -0.2) is 0 Å². The van der Waals surface area contributed by atoms with Gasteiger partial charge in [0, 0.05) is 13.6 Å². The van der Waals surface area contributed by atoms with Crippen molar-refractivity contribution in [1.82, 2.24) is 4.90 Å². The molecule has 0 aliphatic carbocycles. The second-order valence-corrected chi connectivity index (χ2v) is 6.07. The van der Waals surface area contributed by atoms with Gasteiger partial charge in [-0.05, 0) is 51.4 Å². The summed E-state index contributed by atoms with van der Waals surface area (Å²) in [6.07, 6.45) is 3.65. The van der Waals surface area contributed by atoms with Crippen LogP contribution < -0.4 is 4.90 Å². The molecular weight excluding hydrogens is 272 g/mol. The molecule has 19 heavy (non-hydrogen) atoms. The van der Waals surface area contributed by atoms with Crippen molar-refractivity contribution in [3.63, 3.8) is 0 Å². The molecule has 4 heteroatoms. The molecule has 0 aliphatic rings. The minimum absolute atomic E-state index is 0.883. The Kier molecular flexibility index (Phi) is 7.11. The fourth-order valence-electron chi connectivity index (χ4n) is 2.56. The van der Waals surface area contributed by atoms with Gasteiger partial charge in [-0.1, -0.05) is 38.3 Å². The molecule has 0 saturated carbocycles. The van der Waals surface area contributed by atoms with Crippen molar-refractivity contribution in [3.8, 4) is 0 Å². The number of hydrogen-bond donors (Lipinski definition) is 0. The van der Waals surface area contributed by atoms with Crippen molar-refractivity contribution in [1.29, 1.82) is 0 Å². The molecule has 0 fully saturated rings. The molecule has 1 rings (SSSR count). The predicted molar refractivity (Wildman–Crippen MR) is 90.1 cm³/mol. The third-order valence-corrected chi connectivity index (χ3v) is 4.58. The third-order valence-electron chi connectivity index (χ3n) is 3.55. The van der Waals surface area contributed by atoms with Crippen molar-refractivity contribution in [3.05, 3.63) is 14.6 Å². The Balaban J connectivity index is 2.40. The Bertz CT molecular complexity index is 455. The van der Waals surface area contributed by atoms with E-state index in [9.17, 15) is 0 Å². The van der Waals surface area contributed by atoms with Crippen LogP contribution in [0, 0.1) is 15.9 Å². The molecule has 0 atom stereocenters. The van der Waals surface area contributed by atoms with E-state index in [4.69, 9.17) is 24.4 Å². The monoisotopic (exact) mass is 298 g/mol. The van der Waals surface area contributed by atoms with Crippen LogP contribution in [0.5, 0.6) is 0 Å². The molecule has 0 saturated heterocycles. The van der Waals surface area contributed by atoms with E-state index in [0.717, 1.165) is 15.6 Å². The summed E-state index contributed by atoms with van der Waals surface area (Å²) in [6, 6.07) is 0. The summed E-state index contributed by atoms with van der Waals surface area (Å²) in [5.74, 6) is 0. The molecule has 0 aromatic heterocycles. The second kappa shape index (κ2) is 8.08. The highest BCUT2D eigenvalue weighted by Gasteiger charge is 2.14. The van der Waals surface area contributed by atoms with E-state index in [1.165, 1.54) is 50.1 Å². The average molecular weight is 299 g/mol. The molecule has 0 radical (unpaired) electrons. The lowest BCUT2D eigenvalue weighted by Gasteiger charge is -2.26. The zero-order valence-electron chi connectivity index (χ0n) is 12.7. The molecular formula is C15H26N2S2. The highest BCUT2D eigenvalue weighted by atomic mass is 32.1. The first kappa shape index (κ1) is 16.7. The fourth-order valence-corrected chi connectivity index (χ4v) is 3.22. The van der Waals surface area contributed by atoms with Crippen LogP contribution in [0.3, 0.4) is 0 Å². The summed E-state index contributed by atoms with van der Waals surface area (Å²) in [5.41, 5.74) is 2.39. The Hall–Kier alpha value is -0.320. The zero-order valence-corrected chi connectivity index (χ0v) is 14.3. The lowest BCUT2D eigenvalue weighted by atomic mass is 10.1. The van der Waals surface area contributed by atoms with Crippen LogP contribution in [0.1, 0.15) is 38.7 Å². The molecule has 2 nitrogen and oxygen atoms in total. The minimum atomic E-state index is 0.883. The van der Waals surface area contributed by atoms with E-state index in [2.05, 4.69) is 37.6 Å². The van der Waals surface area contributed by atoms with Gasteiger partial charge in [-0.2, -0.15) is 0 Å². The SMILES string of the molecule is CCCN(CCC)CCCN(C)c1c(C)c(=S)c1=S. The zero-order chi connectivity index (χ0) is 14.4. The Morgan fingerprint density at radius 3 is 1.95 bits per heavy atom. The van der Waals surface area contributed by atoms with Gasteiger partial charge >= 0.3 is 0 Å². The largest absolute Gasteiger partial charge is 0.373 e. The number of nitrogens with zero attached hydrogens (tertiary/aromatic N) is 2. The Morgan fingerprint density at radius 2 is 1.47 bits per heavy atom. The molecule has 108 valence electrons. The van der Waals surface area contributed by atoms with Crippen LogP contribution in [0.2, 0.25) is 0 Å². The van der Waals surface area contributed by atoms with E-state index < -0.39 is 0 Å². The number of anilines is 1. The maximum atomic E-state index is 5.32. The lowest BCUT2D eigenvalue weighted by molar-refractivity contribution is 0.272. The van der Waals surface area contributed by atoms with Gasteiger partial charge in [0.15, 0.2) is 0 Å². The molecule has 0 spiro atoms. The fraction of sp³-hybridized carbons (Fsp3) is 0.733. The molecule has 0 N–H and O–H groups in total. The van der Waals surface area contributed by atoms with E-state index in [-0.39, 0.29) is 0 Å². The van der Waals surface area contributed by atoms with Gasteiger partial charge in [0.1, 0.15) is 0 Å². The second-order valence-electron chi connectivity index (χ2n) is 5.25. The van der Waals surface area contributed by atoms with E-state index in [1.807, 2.05) is 0 Å². The standard InChI is InChI=1S/C15H26N2S2/c1-5-8-17(9-6-2)11-7-10-16(4)13-12(3)14(18)15(13)19/h5-11H2,1-4H3. The Labute approximate surface area is 128 Å². The Morgan fingerprint density at radius 1 is 0.895 bits per heavy atom. The van der Waals surface area contributed by atoms with Gasteiger partial charge in [-0.15, -0.1) is 0 Å². The lowest BCUT2D eigenvalue weighted by Crippen LogP contribution is -2.30. The van der Waals surface area contributed by atoms with Crippen LogP contribution in [0.15, 0.2) is 0 Å². The summed E-state index contributed by atoms with van der Waals surface area (Å²) in [5, 5.41) is 0. The number of rotatable bonds is 9. The number of hydrogen-bond acceptors (Lipinski definition) is 4. The third kappa shape index (κ3) is 4.33. The van der Waals surface area contributed by atoms with Crippen molar-refractivity contribution >= 4 is 30.1 Å². The summed E-state index contributed by atoms with van der Waals surface area (Å²) in [4.78, 5) is 4.82. The van der Waals surface area contributed by atoms with Gasteiger partial charge in [0.05, 0.1) is 14.7 Å². The maximum absolute atomic E-state index is 5.32. The molecule has 0 aliphatic heterocycles. The van der Waals surface area contributed by atoms with Crippen LogP contribution in [0.4, 0.5) is 5.69 Å². The molecule has 0 unspecified atom stereocenters. The first-order valence-corrected chi connectivity index (χ1v) is 8.07. The van der Waals surface area contributed by atoms with Gasteiger partial charge in [-0.3, -0.25) is 0 Å². The summed E-state index contributed by atoms with van der Waals surface area (Å²) < 4.78 is 1.77. The van der Waals surface area contributed by atoms with Crippen LogP contribution >= 0.6 is 24.4 Å². The first-order valence-electron chi connectivity index (χ1n) is 7.26. The minimum Gasteiger partial charge on any atom is -0.373 e. The highest BCUT2D eigenvalue weighted by Crippen LogP contribution is 2.28. The van der Waals surface area contributed by atoms with Crippen molar-refractivity contribution in [2.45, 2.75) is 40.0 Å². The summed E-state index contributed by atoms with van der Waals surface area (Å²) in [7, 11) is 2.12. The van der Waals surface area contributed by atoms with Crippen LogP contribution in [-0.2, 0) is 0 Å². The average Bonchev–Trinajstić information content (AvgIpc) is 2.39. The maximum Gasteiger partial charge on any atom is 0.0797 e. The quantitative estimate of drug-likeness (QED) is 0.628. The van der Waals surface area contributed by atoms with E-state index in [0.29, 0.717) is 0 Å². The summed E-state index contributed by atoms with van der Waals surface area (Å²) >= 11 is 10.5. The van der Waals surface area contributed by atoms with E-state index in [1.54, 1.807) is 0 Å². The van der Waals surface area contributed by atoms with Crippen molar-refractivity contribution in [2.75, 3.05) is 38.1 Å².